The standard InChI is InChI=1S/C22H25F2N5O2/c1-13-25-12-20(31-13)15-4-7-19-16(8-15)9-21(29-28-19)27-22(30)14-2-5-17(6-3-14)26-18(10-23)11-24/h4,7-9,12,14,17-18,26H,2-3,5-6,10-11H2,1H3,(H,27,29,30)/t14-,17-. The van der Waals surface area contributed by atoms with Gasteiger partial charge in [-0.3, -0.25) is 4.79 Å². The number of carbonyl (C=O) groups is 1. The largest absolute Gasteiger partial charge is 0.441 e. The van der Waals surface area contributed by atoms with Gasteiger partial charge in [0.05, 0.1) is 17.8 Å². The maximum atomic E-state index is 12.7. The van der Waals surface area contributed by atoms with Gasteiger partial charge < -0.3 is 15.1 Å². The van der Waals surface area contributed by atoms with Crippen molar-refractivity contribution in [2.24, 2.45) is 5.92 Å². The van der Waals surface area contributed by atoms with E-state index in [1.165, 1.54) is 0 Å². The molecule has 0 unspecified atom stereocenters. The number of hydrogen-bond donors (Lipinski definition) is 2. The summed E-state index contributed by atoms with van der Waals surface area (Å²) in [5.74, 6) is 1.37. The fourth-order valence-corrected chi connectivity index (χ4v) is 3.97. The summed E-state index contributed by atoms with van der Waals surface area (Å²) in [5, 5.41) is 15.0. The zero-order valence-electron chi connectivity index (χ0n) is 17.3. The predicted octanol–water partition coefficient (Wildman–Crippen LogP) is 3.99. The molecule has 0 atom stereocenters. The fraction of sp³-hybridized carbons (Fsp3) is 0.455. The first-order chi connectivity index (χ1) is 15.1. The van der Waals surface area contributed by atoms with E-state index in [2.05, 4.69) is 25.8 Å². The minimum absolute atomic E-state index is 0.0409. The summed E-state index contributed by atoms with van der Waals surface area (Å²) >= 11 is 0. The molecule has 0 bridgehead atoms. The first-order valence-corrected chi connectivity index (χ1v) is 10.4. The molecule has 1 aromatic carbocycles. The Morgan fingerprint density at radius 3 is 2.61 bits per heavy atom. The van der Waals surface area contributed by atoms with Gasteiger partial charge in [-0.1, -0.05) is 0 Å². The van der Waals surface area contributed by atoms with Crippen molar-refractivity contribution in [1.82, 2.24) is 20.5 Å². The Morgan fingerprint density at radius 1 is 1.16 bits per heavy atom. The third-order valence-electron chi connectivity index (χ3n) is 5.68. The third kappa shape index (κ3) is 5.04. The molecule has 0 saturated heterocycles. The molecule has 3 aromatic rings. The quantitative estimate of drug-likeness (QED) is 0.590. The van der Waals surface area contributed by atoms with E-state index in [0.717, 1.165) is 10.9 Å². The van der Waals surface area contributed by atoms with Gasteiger partial charge in [-0.25, -0.2) is 13.8 Å². The number of halogens is 2. The topological polar surface area (TPSA) is 92.9 Å². The van der Waals surface area contributed by atoms with E-state index in [0.29, 0.717) is 48.7 Å². The van der Waals surface area contributed by atoms with Gasteiger partial charge in [-0.05, 0) is 49.9 Å². The molecule has 1 aliphatic carbocycles. The highest BCUT2D eigenvalue weighted by Crippen LogP contribution is 2.27. The van der Waals surface area contributed by atoms with Gasteiger partial charge in [-0.15, -0.1) is 10.2 Å². The van der Waals surface area contributed by atoms with Gasteiger partial charge in [0.2, 0.25) is 5.91 Å². The molecule has 164 valence electrons. The van der Waals surface area contributed by atoms with Crippen LogP contribution in [-0.2, 0) is 4.79 Å². The van der Waals surface area contributed by atoms with Crippen LogP contribution in [0, 0.1) is 12.8 Å². The Balaban J connectivity index is 1.39. The van der Waals surface area contributed by atoms with E-state index in [9.17, 15) is 13.6 Å². The van der Waals surface area contributed by atoms with Crippen LogP contribution in [0.25, 0.3) is 22.2 Å². The average molecular weight is 429 g/mol. The molecule has 7 nitrogen and oxygen atoms in total. The number of alkyl halides is 2. The number of amides is 1. The van der Waals surface area contributed by atoms with Crippen LogP contribution in [0.15, 0.2) is 34.9 Å². The van der Waals surface area contributed by atoms with Gasteiger partial charge in [0.1, 0.15) is 13.3 Å². The Morgan fingerprint density at radius 2 is 1.94 bits per heavy atom. The van der Waals surface area contributed by atoms with E-state index < -0.39 is 19.4 Å². The Kier molecular flexibility index (Phi) is 6.50. The molecule has 0 aliphatic heterocycles. The third-order valence-corrected chi connectivity index (χ3v) is 5.68. The lowest BCUT2D eigenvalue weighted by atomic mass is 9.85. The summed E-state index contributed by atoms with van der Waals surface area (Å²) in [6, 6.07) is 6.72. The van der Waals surface area contributed by atoms with Crippen molar-refractivity contribution in [3.8, 4) is 11.3 Å². The maximum Gasteiger partial charge on any atom is 0.228 e. The number of aryl methyl sites for hydroxylation is 1. The molecule has 1 aliphatic rings. The summed E-state index contributed by atoms with van der Waals surface area (Å²) in [7, 11) is 0. The molecule has 2 heterocycles. The van der Waals surface area contributed by atoms with Crippen molar-refractivity contribution in [1.29, 1.82) is 0 Å². The first kappa shape index (κ1) is 21.3. The van der Waals surface area contributed by atoms with E-state index in [-0.39, 0.29) is 17.9 Å². The number of oxazole rings is 1. The molecule has 1 fully saturated rings. The number of anilines is 1. The minimum atomic E-state index is -0.756. The van der Waals surface area contributed by atoms with E-state index in [4.69, 9.17) is 4.42 Å². The molecular weight excluding hydrogens is 404 g/mol. The lowest BCUT2D eigenvalue weighted by Crippen LogP contribution is -2.44. The first-order valence-electron chi connectivity index (χ1n) is 10.4. The van der Waals surface area contributed by atoms with Crippen molar-refractivity contribution in [2.75, 3.05) is 18.7 Å². The fourth-order valence-electron chi connectivity index (χ4n) is 3.97. The molecular formula is C22H25F2N5O2. The van der Waals surface area contributed by atoms with Gasteiger partial charge in [0.25, 0.3) is 0 Å². The van der Waals surface area contributed by atoms with E-state index in [1.807, 2.05) is 18.2 Å². The van der Waals surface area contributed by atoms with Crippen LogP contribution in [-0.4, -0.2) is 46.5 Å². The minimum Gasteiger partial charge on any atom is -0.441 e. The molecule has 4 rings (SSSR count). The van der Waals surface area contributed by atoms with Crippen LogP contribution in [0.4, 0.5) is 14.6 Å². The van der Waals surface area contributed by atoms with E-state index in [1.54, 1.807) is 19.2 Å². The highest BCUT2D eigenvalue weighted by atomic mass is 19.1. The molecule has 2 aromatic heterocycles. The van der Waals surface area contributed by atoms with Crippen molar-refractivity contribution >= 4 is 22.6 Å². The van der Waals surface area contributed by atoms with Crippen LogP contribution < -0.4 is 10.6 Å². The van der Waals surface area contributed by atoms with Crippen molar-refractivity contribution < 1.29 is 18.0 Å². The Labute approximate surface area is 178 Å². The van der Waals surface area contributed by atoms with E-state index >= 15 is 0 Å². The van der Waals surface area contributed by atoms with Crippen LogP contribution in [0.2, 0.25) is 0 Å². The summed E-state index contributed by atoms with van der Waals surface area (Å²) < 4.78 is 31.0. The molecule has 31 heavy (non-hydrogen) atoms. The smallest absolute Gasteiger partial charge is 0.228 e. The normalized spacial score (nSPS) is 19.1. The number of rotatable bonds is 7. The zero-order chi connectivity index (χ0) is 21.8. The number of benzene rings is 1. The van der Waals surface area contributed by atoms with Crippen LogP contribution in [0.3, 0.4) is 0 Å². The predicted molar refractivity (Wildman–Crippen MR) is 113 cm³/mol. The lowest BCUT2D eigenvalue weighted by molar-refractivity contribution is -0.120. The molecule has 0 radical (unpaired) electrons. The van der Waals surface area contributed by atoms with Gasteiger partial charge >= 0.3 is 0 Å². The highest BCUT2D eigenvalue weighted by Gasteiger charge is 2.27. The summed E-state index contributed by atoms with van der Waals surface area (Å²) in [5.41, 5.74) is 1.57. The molecule has 1 amide bonds. The highest BCUT2D eigenvalue weighted by molar-refractivity contribution is 5.94. The van der Waals surface area contributed by atoms with Crippen LogP contribution in [0.1, 0.15) is 31.6 Å². The Bertz CT molecular complexity index is 1050. The molecule has 0 spiro atoms. The van der Waals surface area contributed by atoms with Crippen molar-refractivity contribution in [3.63, 3.8) is 0 Å². The molecule has 2 N–H and O–H groups in total. The number of nitrogens with zero attached hydrogens (tertiary/aromatic N) is 3. The van der Waals surface area contributed by atoms with Crippen molar-refractivity contribution in [2.45, 2.75) is 44.7 Å². The second kappa shape index (κ2) is 9.47. The Hall–Kier alpha value is -2.94. The van der Waals surface area contributed by atoms with Gasteiger partial charge in [0, 0.05) is 29.8 Å². The number of aromatic nitrogens is 3. The monoisotopic (exact) mass is 429 g/mol. The van der Waals surface area contributed by atoms with Gasteiger partial charge in [0.15, 0.2) is 17.5 Å². The zero-order valence-corrected chi connectivity index (χ0v) is 17.3. The summed E-state index contributed by atoms with van der Waals surface area (Å²) in [4.78, 5) is 16.8. The second-order valence-electron chi connectivity index (χ2n) is 7.96. The second-order valence-corrected chi connectivity index (χ2v) is 7.96. The summed E-state index contributed by atoms with van der Waals surface area (Å²) in [6.45, 7) is 0.332. The van der Waals surface area contributed by atoms with Crippen molar-refractivity contribution in [3.05, 3.63) is 36.4 Å². The lowest BCUT2D eigenvalue weighted by Gasteiger charge is -2.30. The number of nitrogens with one attached hydrogen (secondary N) is 2. The van der Waals surface area contributed by atoms with Crippen LogP contribution >= 0.6 is 0 Å². The SMILES string of the molecule is Cc1ncc(-c2ccc3nnc(NC(=O)[C@H]4CC[C@H](NC(CF)CF)CC4)cc3c2)o1. The number of hydrogen-bond acceptors (Lipinski definition) is 6. The molecule has 1 saturated carbocycles. The van der Waals surface area contributed by atoms with Gasteiger partial charge in [-0.2, -0.15) is 0 Å². The number of fused-ring (bicyclic) bond motifs is 1. The summed E-state index contributed by atoms with van der Waals surface area (Å²) in [6.07, 6.45) is 4.40. The van der Waals surface area contributed by atoms with Crippen LogP contribution in [0.5, 0.6) is 0 Å². The average Bonchev–Trinajstić information content (AvgIpc) is 3.23. The maximum absolute atomic E-state index is 12.7. The number of carbonyl (C=O) groups excluding carboxylic acids is 1. The molecule has 9 heteroatoms.